The number of halogens is 3. The van der Waals surface area contributed by atoms with Crippen LogP contribution >= 0.6 is 0 Å². The maximum Gasteiger partial charge on any atom is 0.403 e. The third-order valence-electron chi connectivity index (χ3n) is 3.18. The first-order chi connectivity index (χ1) is 7.71. The fourth-order valence-corrected chi connectivity index (χ4v) is 1.87. The maximum atomic E-state index is 12.5. The number of likely N-dealkylation sites (N-methyl/N-ethyl adjacent to an activating group) is 1. The largest absolute Gasteiger partial charge is 0.481 e. The first kappa shape index (κ1) is 14.2. The quantitative estimate of drug-likeness (QED) is 0.812. The maximum absolute atomic E-state index is 12.5. The zero-order chi connectivity index (χ0) is 13.2. The van der Waals surface area contributed by atoms with Crippen molar-refractivity contribution in [3.05, 3.63) is 0 Å². The van der Waals surface area contributed by atoms with E-state index in [4.69, 9.17) is 5.11 Å². The van der Waals surface area contributed by atoms with E-state index in [1.807, 2.05) is 18.9 Å². The van der Waals surface area contributed by atoms with Crippen LogP contribution in [0.15, 0.2) is 0 Å². The third-order valence-corrected chi connectivity index (χ3v) is 3.18. The fraction of sp³-hybridized carbons (Fsp3) is 0.900. The highest BCUT2D eigenvalue weighted by Crippen LogP contribution is 2.27. The summed E-state index contributed by atoms with van der Waals surface area (Å²) in [5.74, 6) is -4.10. The molecule has 2 unspecified atom stereocenters. The Kier molecular flexibility index (Phi) is 4.37. The van der Waals surface area contributed by atoms with Crippen molar-refractivity contribution in [2.24, 2.45) is 5.92 Å². The second kappa shape index (κ2) is 5.22. The SMILES string of the molecule is CC1CN(CC(C(=O)O)C(F)(F)F)CCN1C. The van der Waals surface area contributed by atoms with E-state index in [2.05, 4.69) is 0 Å². The van der Waals surface area contributed by atoms with Crippen molar-refractivity contribution in [2.75, 3.05) is 33.2 Å². The summed E-state index contributed by atoms with van der Waals surface area (Å²) in [6.07, 6.45) is -4.68. The average Bonchev–Trinajstić information content (AvgIpc) is 2.17. The normalized spacial score (nSPS) is 25.8. The Hall–Kier alpha value is -0.820. The molecule has 1 saturated heterocycles. The molecule has 1 aliphatic heterocycles. The van der Waals surface area contributed by atoms with E-state index < -0.39 is 24.6 Å². The lowest BCUT2D eigenvalue weighted by Gasteiger charge is -2.38. The predicted octanol–water partition coefficient (Wildman–Crippen LogP) is 0.885. The minimum Gasteiger partial charge on any atom is -0.481 e. The zero-order valence-corrected chi connectivity index (χ0v) is 9.87. The first-order valence-electron chi connectivity index (χ1n) is 5.44. The summed E-state index contributed by atoms with van der Waals surface area (Å²) in [7, 11) is 1.90. The molecule has 0 amide bonds. The molecule has 0 saturated carbocycles. The van der Waals surface area contributed by atoms with Crippen LogP contribution in [0, 0.1) is 5.92 Å². The smallest absolute Gasteiger partial charge is 0.403 e. The van der Waals surface area contributed by atoms with Gasteiger partial charge in [-0.2, -0.15) is 13.2 Å². The van der Waals surface area contributed by atoms with Gasteiger partial charge in [0, 0.05) is 32.2 Å². The predicted molar refractivity (Wildman–Crippen MR) is 55.7 cm³/mol. The topological polar surface area (TPSA) is 43.8 Å². The third kappa shape index (κ3) is 3.85. The van der Waals surface area contributed by atoms with E-state index in [0.29, 0.717) is 19.6 Å². The number of alkyl halides is 3. The molecule has 0 aromatic carbocycles. The Balaban J connectivity index is 2.60. The highest BCUT2D eigenvalue weighted by molar-refractivity contribution is 5.71. The van der Waals surface area contributed by atoms with Gasteiger partial charge in [-0.15, -0.1) is 0 Å². The molecule has 4 nitrogen and oxygen atoms in total. The first-order valence-corrected chi connectivity index (χ1v) is 5.44. The Bertz CT molecular complexity index is 283. The van der Waals surface area contributed by atoms with Gasteiger partial charge in [0.05, 0.1) is 0 Å². The average molecular weight is 254 g/mol. The standard InChI is InChI=1S/C10H17F3N2O2/c1-7-5-15(4-3-14(7)2)6-8(9(16)17)10(11,12)13/h7-8H,3-6H2,1-2H3,(H,16,17). The highest BCUT2D eigenvalue weighted by atomic mass is 19.4. The number of carbonyl (C=O) groups is 1. The van der Waals surface area contributed by atoms with Crippen LogP contribution in [0.2, 0.25) is 0 Å². The molecule has 1 rings (SSSR count). The van der Waals surface area contributed by atoms with Crippen molar-refractivity contribution in [3.63, 3.8) is 0 Å². The number of carboxylic acid groups (broad SMARTS) is 1. The summed E-state index contributed by atoms with van der Waals surface area (Å²) in [4.78, 5) is 14.2. The van der Waals surface area contributed by atoms with Gasteiger partial charge in [-0.1, -0.05) is 0 Å². The molecule has 1 aliphatic rings. The lowest BCUT2D eigenvalue weighted by Crippen LogP contribution is -2.53. The molecular weight excluding hydrogens is 237 g/mol. The molecule has 0 radical (unpaired) electrons. The molecule has 0 bridgehead atoms. The minimum absolute atomic E-state index is 0.145. The van der Waals surface area contributed by atoms with Crippen LogP contribution in [0.3, 0.4) is 0 Å². The van der Waals surface area contributed by atoms with Gasteiger partial charge < -0.3 is 10.0 Å². The number of aliphatic carboxylic acids is 1. The molecule has 17 heavy (non-hydrogen) atoms. The Morgan fingerprint density at radius 1 is 1.47 bits per heavy atom. The van der Waals surface area contributed by atoms with Gasteiger partial charge >= 0.3 is 12.1 Å². The van der Waals surface area contributed by atoms with Gasteiger partial charge in [0.2, 0.25) is 0 Å². The van der Waals surface area contributed by atoms with E-state index in [-0.39, 0.29) is 6.04 Å². The van der Waals surface area contributed by atoms with Gasteiger partial charge in [0.15, 0.2) is 5.92 Å². The van der Waals surface area contributed by atoms with Gasteiger partial charge in [-0.05, 0) is 14.0 Å². The lowest BCUT2D eigenvalue weighted by atomic mass is 10.1. The van der Waals surface area contributed by atoms with Crippen LogP contribution in [0.1, 0.15) is 6.92 Å². The second-order valence-corrected chi connectivity index (χ2v) is 4.52. The van der Waals surface area contributed by atoms with Crippen molar-refractivity contribution in [1.82, 2.24) is 9.80 Å². The molecule has 0 spiro atoms. The summed E-state index contributed by atoms with van der Waals surface area (Å²) >= 11 is 0. The molecule has 1 fully saturated rings. The van der Waals surface area contributed by atoms with Crippen molar-refractivity contribution in [2.45, 2.75) is 19.1 Å². The Labute approximate surface area is 98.0 Å². The molecule has 100 valence electrons. The fourth-order valence-electron chi connectivity index (χ4n) is 1.87. The Morgan fingerprint density at radius 3 is 2.47 bits per heavy atom. The summed E-state index contributed by atoms with van der Waals surface area (Å²) < 4.78 is 37.4. The van der Waals surface area contributed by atoms with E-state index in [9.17, 15) is 18.0 Å². The molecule has 2 atom stereocenters. The Morgan fingerprint density at radius 2 is 2.06 bits per heavy atom. The number of hydrogen-bond acceptors (Lipinski definition) is 3. The van der Waals surface area contributed by atoms with E-state index in [1.165, 1.54) is 0 Å². The summed E-state index contributed by atoms with van der Waals surface area (Å²) in [5, 5.41) is 8.60. The zero-order valence-electron chi connectivity index (χ0n) is 9.87. The summed E-state index contributed by atoms with van der Waals surface area (Å²) in [5.41, 5.74) is 0. The van der Waals surface area contributed by atoms with Crippen LogP contribution in [0.25, 0.3) is 0 Å². The van der Waals surface area contributed by atoms with Crippen molar-refractivity contribution in [1.29, 1.82) is 0 Å². The van der Waals surface area contributed by atoms with Crippen LogP contribution in [-0.2, 0) is 4.79 Å². The van der Waals surface area contributed by atoms with Crippen molar-refractivity contribution in [3.8, 4) is 0 Å². The highest BCUT2D eigenvalue weighted by Gasteiger charge is 2.46. The molecule has 1 N–H and O–H groups in total. The van der Waals surface area contributed by atoms with Crippen LogP contribution < -0.4 is 0 Å². The van der Waals surface area contributed by atoms with E-state index in [1.54, 1.807) is 4.90 Å². The number of rotatable bonds is 3. The molecule has 1 heterocycles. The molecule has 0 aromatic heterocycles. The van der Waals surface area contributed by atoms with Crippen LogP contribution in [-0.4, -0.2) is 66.3 Å². The summed E-state index contributed by atoms with van der Waals surface area (Å²) in [6.45, 7) is 3.05. The van der Waals surface area contributed by atoms with Crippen LogP contribution in [0.5, 0.6) is 0 Å². The molecule has 0 aliphatic carbocycles. The molecule has 0 aromatic rings. The second-order valence-electron chi connectivity index (χ2n) is 4.52. The van der Waals surface area contributed by atoms with E-state index >= 15 is 0 Å². The molecular formula is C10H17F3N2O2. The summed E-state index contributed by atoms with van der Waals surface area (Å²) in [6, 6.07) is 0.145. The van der Waals surface area contributed by atoms with Crippen LogP contribution in [0.4, 0.5) is 13.2 Å². The van der Waals surface area contributed by atoms with Gasteiger partial charge in [-0.25, -0.2) is 0 Å². The van der Waals surface area contributed by atoms with E-state index in [0.717, 1.165) is 0 Å². The van der Waals surface area contributed by atoms with Crippen molar-refractivity contribution < 1.29 is 23.1 Å². The van der Waals surface area contributed by atoms with Gasteiger partial charge in [-0.3, -0.25) is 9.69 Å². The number of nitrogens with zero attached hydrogens (tertiary/aromatic N) is 2. The minimum atomic E-state index is -4.68. The van der Waals surface area contributed by atoms with Crippen molar-refractivity contribution >= 4 is 5.97 Å². The lowest BCUT2D eigenvalue weighted by molar-refractivity contribution is -0.197. The monoisotopic (exact) mass is 254 g/mol. The number of piperazine rings is 1. The molecule has 7 heteroatoms. The number of carboxylic acids is 1. The van der Waals surface area contributed by atoms with Gasteiger partial charge in [0.25, 0.3) is 0 Å². The number of hydrogen-bond donors (Lipinski definition) is 1. The van der Waals surface area contributed by atoms with Gasteiger partial charge in [0.1, 0.15) is 0 Å².